The molecule has 0 saturated carbocycles. The van der Waals surface area contributed by atoms with E-state index in [-0.39, 0.29) is 11.8 Å². The summed E-state index contributed by atoms with van der Waals surface area (Å²) in [6.07, 6.45) is 0.846. The number of benzene rings is 2. The van der Waals surface area contributed by atoms with Crippen LogP contribution in [0.15, 0.2) is 80.2 Å². The summed E-state index contributed by atoms with van der Waals surface area (Å²) in [4.78, 5) is 12.5. The van der Waals surface area contributed by atoms with Gasteiger partial charge in [0.25, 0.3) is 11.8 Å². The largest absolute Gasteiger partial charge is 0.480 e. The molecule has 0 saturated heterocycles. The summed E-state index contributed by atoms with van der Waals surface area (Å²) >= 11 is 3.41. The van der Waals surface area contributed by atoms with E-state index in [0.717, 1.165) is 4.47 Å². The van der Waals surface area contributed by atoms with Crippen molar-refractivity contribution in [3.8, 4) is 28.9 Å². The van der Waals surface area contributed by atoms with E-state index in [1.54, 1.807) is 43.3 Å². The van der Waals surface area contributed by atoms with Crippen LogP contribution in [0.3, 0.4) is 0 Å². The van der Waals surface area contributed by atoms with E-state index in [1.807, 2.05) is 24.3 Å². The van der Waals surface area contributed by atoms with E-state index in [4.69, 9.17) is 13.6 Å². The van der Waals surface area contributed by atoms with Crippen molar-refractivity contribution in [1.82, 2.24) is 10.2 Å². The molecule has 29 heavy (non-hydrogen) atoms. The minimum Gasteiger partial charge on any atom is -0.480 e. The molecule has 1 N–H and O–H groups in total. The highest BCUT2D eigenvalue weighted by molar-refractivity contribution is 9.10. The lowest BCUT2D eigenvalue weighted by atomic mass is 10.2. The van der Waals surface area contributed by atoms with Gasteiger partial charge < -0.3 is 18.9 Å². The molecule has 2 aromatic carbocycles. The van der Waals surface area contributed by atoms with Crippen LogP contribution < -0.4 is 10.1 Å². The van der Waals surface area contributed by atoms with Crippen LogP contribution in [0.5, 0.6) is 5.75 Å². The third-order valence-corrected chi connectivity index (χ3v) is 4.70. The van der Waals surface area contributed by atoms with Gasteiger partial charge in [-0.1, -0.05) is 18.2 Å². The van der Waals surface area contributed by atoms with Crippen molar-refractivity contribution in [1.29, 1.82) is 0 Å². The molecular weight excluding hydrogens is 438 g/mol. The van der Waals surface area contributed by atoms with E-state index >= 15 is 0 Å². The smallest absolute Gasteiger partial charge is 0.283 e. The first kappa shape index (κ1) is 18.9. The summed E-state index contributed by atoms with van der Waals surface area (Å²) in [5.74, 6) is 1.42. The van der Waals surface area contributed by atoms with Gasteiger partial charge in [-0.25, -0.2) is 0 Å². The molecule has 0 bridgehead atoms. The SMILES string of the molecule is CC(Oc1ccccc1Br)C(=O)Nc1cccc(-c2nnc(-c3ccco3)o2)c1. The molecule has 8 heteroatoms. The number of amides is 1. The standard InChI is InChI=1S/C21H16BrN3O4/c1-13(28-17-9-3-2-8-16(17)22)19(26)23-15-7-4-6-14(12-15)20-24-25-21(29-20)18-10-5-11-27-18/h2-13H,1H3,(H,23,26). The molecule has 0 spiro atoms. The zero-order valence-corrected chi connectivity index (χ0v) is 16.9. The molecule has 7 nitrogen and oxygen atoms in total. The number of halogens is 1. The number of anilines is 1. The lowest BCUT2D eigenvalue weighted by molar-refractivity contribution is -0.122. The molecule has 0 aliphatic carbocycles. The molecule has 4 aromatic rings. The van der Waals surface area contributed by atoms with Crippen LogP contribution in [0.1, 0.15) is 6.92 Å². The van der Waals surface area contributed by atoms with E-state index in [0.29, 0.717) is 28.7 Å². The highest BCUT2D eigenvalue weighted by Crippen LogP contribution is 2.27. The van der Waals surface area contributed by atoms with Crippen LogP contribution in [-0.2, 0) is 4.79 Å². The summed E-state index contributed by atoms with van der Waals surface area (Å²) in [5, 5.41) is 10.9. The first-order valence-electron chi connectivity index (χ1n) is 8.80. The Labute approximate surface area is 174 Å². The molecule has 0 aliphatic heterocycles. The zero-order chi connectivity index (χ0) is 20.2. The van der Waals surface area contributed by atoms with Crippen LogP contribution in [0.2, 0.25) is 0 Å². The number of aromatic nitrogens is 2. The molecule has 1 atom stereocenters. The minimum atomic E-state index is -0.689. The summed E-state index contributed by atoms with van der Waals surface area (Å²) in [7, 11) is 0. The van der Waals surface area contributed by atoms with Crippen molar-refractivity contribution in [3.05, 3.63) is 71.4 Å². The van der Waals surface area contributed by atoms with Gasteiger partial charge >= 0.3 is 0 Å². The first-order valence-corrected chi connectivity index (χ1v) is 9.59. The first-order chi connectivity index (χ1) is 14.1. The molecule has 0 aliphatic rings. The van der Waals surface area contributed by atoms with E-state index < -0.39 is 6.10 Å². The number of nitrogens with zero attached hydrogens (tertiary/aromatic N) is 2. The van der Waals surface area contributed by atoms with Crippen LogP contribution in [0, 0.1) is 0 Å². The van der Waals surface area contributed by atoms with Crippen molar-refractivity contribution in [3.63, 3.8) is 0 Å². The molecule has 2 aromatic heterocycles. The van der Waals surface area contributed by atoms with Gasteiger partial charge in [-0.15, -0.1) is 10.2 Å². The second-order valence-electron chi connectivity index (χ2n) is 6.15. The second-order valence-corrected chi connectivity index (χ2v) is 7.00. The summed E-state index contributed by atoms with van der Waals surface area (Å²) in [6, 6.07) is 18.0. The highest BCUT2D eigenvalue weighted by atomic mass is 79.9. The van der Waals surface area contributed by atoms with Gasteiger partial charge in [-0.3, -0.25) is 4.79 Å². The predicted molar refractivity (Wildman–Crippen MR) is 110 cm³/mol. The molecule has 146 valence electrons. The summed E-state index contributed by atoms with van der Waals surface area (Å²) < 4.78 is 17.4. The maximum absolute atomic E-state index is 12.5. The number of rotatable bonds is 6. The van der Waals surface area contributed by atoms with Crippen LogP contribution in [0.25, 0.3) is 23.1 Å². The van der Waals surface area contributed by atoms with Crippen molar-refractivity contribution in [2.45, 2.75) is 13.0 Å². The van der Waals surface area contributed by atoms with Gasteiger partial charge in [0.1, 0.15) is 5.75 Å². The number of nitrogens with one attached hydrogen (secondary N) is 1. The molecule has 1 unspecified atom stereocenters. The Morgan fingerprint density at radius 2 is 1.90 bits per heavy atom. The summed E-state index contributed by atoms with van der Waals surface area (Å²) in [5.41, 5.74) is 1.26. The van der Waals surface area contributed by atoms with Crippen LogP contribution in [-0.4, -0.2) is 22.2 Å². The average Bonchev–Trinajstić information content (AvgIpc) is 3.41. The third kappa shape index (κ3) is 4.38. The monoisotopic (exact) mass is 453 g/mol. The van der Waals surface area contributed by atoms with Crippen molar-refractivity contribution < 1.29 is 18.4 Å². The minimum absolute atomic E-state index is 0.278. The van der Waals surface area contributed by atoms with Crippen molar-refractivity contribution >= 4 is 27.5 Å². The molecule has 2 heterocycles. The van der Waals surface area contributed by atoms with E-state index in [9.17, 15) is 4.79 Å². The molecule has 0 fully saturated rings. The van der Waals surface area contributed by atoms with Crippen LogP contribution >= 0.6 is 15.9 Å². The number of carbonyl (C=O) groups is 1. The molecule has 0 radical (unpaired) electrons. The fourth-order valence-electron chi connectivity index (χ4n) is 2.60. The number of para-hydroxylation sites is 1. The Balaban J connectivity index is 1.46. The lowest BCUT2D eigenvalue weighted by Crippen LogP contribution is -2.30. The summed E-state index contributed by atoms with van der Waals surface area (Å²) in [6.45, 7) is 1.69. The Bertz CT molecular complexity index is 1120. The fraction of sp³-hybridized carbons (Fsp3) is 0.0952. The number of carbonyl (C=O) groups excluding carboxylic acids is 1. The second kappa shape index (κ2) is 8.32. The van der Waals surface area contributed by atoms with Gasteiger partial charge in [0, 0.05) is 11.3 Å². The normalized spacial score (nSPS) is 11.8. The number of hydrogen-bond acceptors (Lipinski definition) is 6. The van der Waals surface area contributed by atoms with Gasteiger partial charge in [-0.05, 0) is 65.3 Å². The van der Waals surface area contributed by atoms with E-state index in [1.165, 1.54) is 6.26 Å². The topological polar surface area (TPSA) is 90.4 Å². The maximum Gasteiger partial charge on any atom is 0.283 e. The predicted octanol–water partition coefficient (Wildman–Crippen LogP) is 5.17. The average molecular weight is 454 g/mol. The third-order valence-electron chi connectivity index (χ3n) is 4.04. The maximum atomic E-state index is 12.5. The van der Waals surface area contributed by atoms with Crippen molar-refractivity contribution in [2.24, 2.45) is 0 Å². The van der Waals surface area contributed by atoms with Gasteiger partial charge in [0.2, 0.25) is 5.89 Å². The quantitative estimate of drug-likeness (QED) is 0.433. The van der Waals surface area contributed by atoms with Crippen LogP contribution in [0.4, 0.5) is 5.69 Å². The Kier molecular flexibility index (Phi) is 5.44. The number of hydrogen-bond donors (Lipinski definition) is 1. The zero-order valence-electron chi connectivity index (χ0n) is 15.3. The molecule has 1 amide bonds. The van der Waals surface area contributed by atoms with Gasteiger partial charge in [0.15, 0.2) is 11.9 Å². The lowest BCUT2D eigenvalue weighted by Gasteiger charge is -2.15. The fourth-order valence-corrected chi connectivity index (χ4v) is 2.98. The van der Waals surface area contributed by atoms with Gasteiger partial charge in [0.05, 0.1) is 10.7 Å². The van der Waals surface area contributed by atoms with Gasteiger partial charge in [-0.2, -0.15) is 0 Å². The highest BCUT2D eigenvalue weighted by Gasteiger charge is 2.17. The number of furan rings is 1. The molecular formula is C21H16BrN3O4. The van der Waals surface area contributed by atoms with Crippen molar-refractivity contribution in [2.75, 3.05) is 5.32 Å². The Morgan fingerprint density at radius 3 is 2.69 bits per heavy atom. The Hall–Kier alpha value is -3.39. The number of ether oxygens (including phenoxy) is 1. The Morgan fingerprint density at radius 1 is 1.07 bits per heavy atom. The molecule has 4 rings (SSSR count). The van der Waals surface area contributed by atoms with E-state index in [2.05, 4.69) is 31.4 Å².